The van der Waals surface area contributed by atoms with E-state index in [9.17, 15) is 5.11 Å². The average molecular weight is 351 g/mol. The standard InChI is InChI=1S/C24H32NO/c1-25(2)22-13-14-23(25)16-19(15-22)17-24(18-26,20-9-5-3-6-10-20)21-11-7-4-8-12-21/h3-12,19,22-23,26H,13-18H2,1-2H3/q+1/t19?,22-,23+. The third-order valence-corrected chi connectivity index (χ3v) is 7.49. The molecule has 2 aliphatic rings. The maximum absolute atomic E-state index is 10.7. The Morgan fingerprint density at radius 3 is 1.73 bits per heavy atom. The van der Waals surface area contributed by atoms with Crippen molar-refractivity contribution < 1.29 is 9.59 Å². The summed E-state index contributed by atoms with van der Waals surface area (Å²) in [5.41, 5.74) is 2.21. The van der Waals surface area contributed by atoms with Crippen molar-refractivity contribution in [2.24, 2.45) is 5.92 Å². The van der Waals surface area contributed by atoms with Crippen LogP contribution in [0.4, 0.5) is 0 Å². The molecule has 0 saturated carbocycles. The molecule has 2 aromatic carbocycles. The molecule has 3 atom stereocenters. The van der Waals surface area contributed by atoms with Gasteiger partial charge < -0.3 is 9.59 Å². The molecular formula is C24H32NO+. The van der Waals surface area contributed by atoms with Gasteiger partial charge in [0.05, 0.1) is 32.8 Å². The van der Waals surface area contributed by atoms with Crippen molar-refractivity contribution in [2.75, 3.05) is 20.7 Å². The second-order valence-electron chi connectivity index (χ2n) is 9.03. The van der Waals surface area contributed by atoms with Crippen LogP contribution in [0.2, 0.25) is 0 Å². The number of benzene rings is 2. The van der Waals surface area contributed by atoms with Crippen LogP contribution < -0.4 is 0 Å². The second kappa shape index (κ2) is 6.83. The van der Waals surface area contributed by atoms with Gasteiger partial charge in [0.25, 0.3) is 0 Å². The number of quaternary nitrogens is 1. The third-order valence-electron chi connectivity index (χ3n) is 7.49. The van der Waals surface area contributed by atoms with Crippen LogP contribution in [0.5, 0.6) is 0 Å². The molecule has 2 heteroatoms. The summed E-state index contributed by atoms with van der Waals surface area (Å²) < 4.78 is 1.21. The van der Waals surface area contributed by atoms with Crippen LogP contribution in [0.3, 0.4) is 0 Å². The Kier molecular flexibility index (Phi) is 4.66. The Balaban J connectivity index is 1.69. The van der Waals surface area contributed by atoms with E-state index < -0.39 is 0 Å². The zero-order valence-electron chi connectivity index (χ0n) is 16.1. The molecule has 1 unspecified atom stereocenters. The monoisotopic (exact) mass is 350 g/mol. The molecule has 2 heterocycles. The highest BCUT2D eigenvalue weighted by molar-refractivity contribution is 5.39. The van der Waals surface area contributed by atoms with Crippen molar-refractivity contribution >= 4 is 0 Å². The smallest absolute Gasteiger partial charge is 0.0893 e. The number of aliphatic hydroxyl groups is 1. The summed E-state index contributed by atoms with van der Waals surface area (Å²) in [5.74, 6) is 0.686. The zero-order valence-corrected chi connectivity index (χ0v) is 16.1. The van der Waals surface area contributed by atoms with Crippen LogP contribution >= 0.6 is 0 Å². The van der Waals surface area contributed by atoms with Crippen LogP contribution in [0, 0.1) is 5.92 Å². The lowest BCUT2D eigenvalue weighted by molar-refractivity contribution is -0.931. The Morgan fingerprint density at radius 1 is 0.846 bits per heavy atom. The SMILES string of the molecule is C[N+]1(C)[C@@H]2CC[C@H]1CC(CC(CO)(c1ccccc1)c1ccccc1)C2. The minimum absolute atomic E-state index is 0.172. The lowest BCUT2D eigenvalue weighted by atomic mass is 9.67. The number of nitrogens with zero attached hydrogens (tertiary/aromatic N) is 1. The van der Waals surface area contributed by atoms with E-state index >= 15 is 0 Å². The summed E-state index contributed by atoms with van der Waals surface area (Å²) in [5, 5.41) is 10.7. The van der Waals surface area contributed by atoms with Gasteiger partial charge in [-0.2, -0.15) is 0 Å². The summed E-state index contributed by atoms with van der Waals surface area (Å²) in [6.07, 6.45) is 6.38. The van der Waals surface area contributed by atoms with Gasteiger partial charge in [-0.3, -0.25) is 0 Å². The van der Waals surface area contributed by atoms with Gasteiger partial charge in [-0.25, -0.2) is 0 Å². The number of hydrogen-bond acceptors (Lipinski definition) is 1. The molecule has 2 fully saturated rings. The largest absolute Gasteiger partial charge is 0.395 e. The third kappa shape index (κ3) is 2.90. The van der Waals surface area contributed by atoms with E-state index in [2.05, 4.69) is 74.8 Å². The molecule has 0 aliphatic carbocycles. The molecule has 0 radical (unpaired) electrons. The average Bonchev–Trinajstić information content (AvgIpc) is 2.85. The predicted octanol–water partition coefficient (Wildman–Crippen LogP) is 4.37. The topological polar surface area (TPSA) is 20.2 Å². The fourth-order valence-corrected chi connectivity index (χ4v) is 5.82. The molecule has 0 aromatic heterocycles. The van der Waals surface area contributed by atoms with Crippen molar-refractivity contribution in [3.05, 3.63) is 71.8 Å². The van der Waals surface area contributed by atoms with Crippen LogP contribution in [-0.2, 0) is 5.41 Å². The summed E-state index contributed by atoms with van der Waals surface area (Å²) in [4.78, 5) is 0. The maximum Gasteiger partial charge on any atom is 0.0893 e. The quantitative estimate of drug-likeness (QED) is 0.794. The highest BCUT2D eigenvalue weighted by Crippen LogP contribution is 2.47. The van der Waals surface area contributed by atoms with Gasteiger partial charge in [0.1, 0.15) is 0 Å². The predicted molar refractivity (Wildman–Crippen MR) is 107 cm³/mol. The van der Waals surface area contributed by atoms with Crippen LogP contribution in [0.1, 0.15) is 43.2 Å². The first-order chi connectivity index (χ1) is 12.6. The lowest BCUT2D eigenvalue weighted by Gasteiger charge is -2.46. The molecule has 26 heavy (non-hydrogen) atoms. The first-order valence-corrected chi connectivity index (χ1v) is 10.1. The van der Waals surface area contributed by atoms with E-state index in [1.165, 1.54) is 41.3 Å². The molecule has 2 aromatic rings. The Hall–Kier alpha value is -1.64. The van der Waals surface area contributed by atoms with E-state index in [0.717, 1.165) is 18.5 Å². The first-order valence-electron chi connectivity index (χ1n) is 10.1. The first kappa shape index (κ1) is 17.8. The van der Waals surface area contributed by atoms with E-state index in [0.29, 0.717) is 5.92 Å². The van der Waals surface area contributed by atoms with Gasteiger partial charge in [-0.1, -0.05) is 60.7 Å². The van der Waals surface area contributed by atoms with Gasteiger partial charge in [-0.15, -0.1) is 0 Å². The second-order valence-corrected chi connectivity index (χ2v) is 9.03. The lowest BCUT2D eigenvalue weighted by Crippen LogP contribution is -2.55. The number of hydrogen-bond donors (Lipinski definition) is 1. The van der Waals surface area contributed by atoms with E-state index in [-0.39, 0.29) is 12.0 Å². The maximum atomic E-state index is 10.7. The molecule has 2 bridgehead atoms. The van der Waals surface area contributed by atoms with Crippen molar-refractivity contribution in [3.63, 3.8) is 0 Å². The zero-order chi connectivity index (χ0) is 18.2. The summed E-state index contributed by atoms with van der Waals surface area (Å²) in [7, 11) is 4.85. The van der Waals surface area contributed by atoms with E-state index in [1.54, 1.807) is 0 Å². The minimum atomic E-state index is -0.291. The highest BCUT2D eigenvalue weighted by atomic mass is 16.3. The van der Waals surface area contributed by atoms with Gasteiger partial charge >= 0.3 is 0 Å². The Bertz CT molecular complexity index is 669. The summed E-state index contributed by atoms with van der Waals surface area (Å²) in [6, 6.07) is 22.9. The molecule has 2 saturated heterocycles. The number of rotatable bonds is 5. The molecule has 138 valence electrons. The van der Waals surface area contributed by atoms with Crippen LogP contribution in [-0.4, -0.2) is 42.4 Å². The van der Waals surface area contributed by atoms with Gasteiger partial charge in [-0.05, 0) is 23.5 Å². The molecule has 2 aliphatic heterocycles. The molecule has 0 amide bonds. The van der Waals surface area contributed by atoms with E-state index in [1.807, 2.05) is 0 Å². The Labute approximate surface area is 158 Å². The molecule has 0 spiro atoms. The van der Waals surface area contributed by atoms with Gasteiger partial charge in [0.15, 0.2) is 0 Å². The fraction of sp³-hybridized carbons (Fsp3) is 0.500. The highest BCUT2D eigenvalue weighted by Gasteiger charge is 2.50. The van der Waals surface area contributed by atoms with Gasteiger partial charge in [0.2, 0.25) is 0 Å². The van der Waals surface area contributed by atoms with Crippen molar-refractivity contribution in [1.82, 2.24) is 0 Å². The molecule has 1 N–H and O–H groups in total. The van der Waals surface area contributed by atoms with Crippen molar-refractivity contribution in [3.8, 4) is 0 Å². The van der Waals surface area contributed by atoms with E-state index in [4.69, 9.17) is 0 Å². The van der Waals surface area contributed by atoms with Crippen molar-refractivity contribution in [2.45, 2.75) is 49.6 Å². The minimum Gasteiger partial charge on any atom is -0.395 e. The number of piperidine rings is 1. The molecular weight excluding hydrogens is 318 g/mol. The Morgan fingerprint density at radius 2 is 1.31 bits per heavy atom. The van der Waals surface area contributed by atoms with Crippen molar-refractivity contribution in [1.29, 1.82) is 0 Å². The molecule has 2 nitrogen and oxygen atoms in total. The summed E-state index contributed by atoms with van der Waals surface area (Å²) in [6.45, 7) is 0.172. The van der Waals surface area contributed by atoms with Crippen LogP contribution in [0.15, 0.2) is 60.7 Å². The van der Waals surface area contributed by atoms with Crippen LogP contribution in [0.25, 0.3) is 0 Å². The molecule has 4 rings (SSSR count). The fourth-order valence-electron chi connectivity index (χ4n) is 5.82. The number of fused-ring (bicyclic) bond motifs is 2. The number of aliphatic hydroxyl groups excluding tert-OH is 1. The van der Waals surface area contributed by atoms with Gasteiger partial charge in [0, 0.05) is 31.1 Å². The summed E-state index contributed by atoms with van der Waals surface area (Å²) >= 11 is 0. The normalized spacial score (nSPS) is 27.4.